The second kappa shape index (κ2) is 8.55. The molecule has 2 N–H and O–H groups in total. The Balaban J connectivity index is 1.33. The van der Waals surface area contributed by atoms with Crippen LogP contribution in [-0.2, 0) is 6.54 Å². The molecule has 30 heavy (non-hydrogen) atoms. The number of rotatable bonds is 6. The van der Waals surface area contributed by atoms with Crippen molar-refractivity contribution in [2.24, 2.45) is 0 Å². The van der Waals surface area contributed by atoms with E-state index in [2.05, 4.69) is 47.1 Å². The Morgan fingerprint density at radius 2 is 1.90 bits per heavy atom. The normalized spacial score (nSPS) is 19.9. The van der Waals surface area contributed by atoms with Gasteiger partial charge in [-0.1, -0.05) is 43.2 Å². The van der Waals surface area contributed by atoms with Crippen LogP contribution in [0.2, 0.25) is 0 Å². The van der Waals surface area contributed by atoms with Crippen LogP contribution in [0.4, 0.5) is 5.95 Å². The number of fused-ring (bicyclic) bond motifs is 1. The van der Waals surface area contributed by atoms with E-state index in [4.69, 9.17) is 5.73 Å². The zero-order valence-electron chi connectivity index (χ0n) is 17.0. The third kappa shape index (κ3) is 3.71. The van der Waals surface area contributed by atoms with Crippen molar-refractivity contribution in [3.8, 4) is 0 Å². The van der Waals surface area contributed by atoms with E-state index in [1.807, 2.05) is 36.9 Å². The number of anilines is 1. The molecule has 3 aromatic heterocycles. The van der Waals surface area contributed by atoms with Crippen LogP contribution in [0.5, 0.6) is 0 Å². The molecule has 1 aliphatic rings. The zero-order valence-corrected chi connectivity index (χ0v) is 17.8. The summed E-state index contributed by atoms with van der Waals surface area (Å²) >= 11 is 1.79. The fraction of sp³-hybridized carbons (Fsp3) is 0.409. The van der Waals surface area contributed by atoms with E-state index in [9.17, 15) is 0 Å². The van der Waals surface area contributed by atoms with Gasteiger partial charge in [0.15, 0.2) is 5.16 Å². The largest absolute Gasteiger partial charge is 0.369 e. The van der Waals surface area contributed by atoms with Gasteiger partial charge in [0.2, 0.25) is 5.95 Å². The van der Waals surface area contributed by atoms with Gasteiger partial charge in [0.25, 0.3) is 0 Å². The molecule has 4 aromatic rings. The number of imidazole rings is 3. The molecule has 1 fully saturated rings. The first-order chi connectivity index (χ1) is 14.8. The summed E-state index contributed by atoms with van der Waals surface area (Å²) in [6.45, 7) is 0.805. The Labute approximate surface area is 180 Å². The highest BCUT2D eigenvalue weighted by atomic mass is 32.2. The molecule has 0 bridgehead atoms. The van der Waals surface area contributed by atoms with Gasteiger partial charge in [0.1, 0.15) is 0 Å². The van der Waals surface area contributed by atoms with E-state index in [0.717, 1.165) is 28.5 Å². The number of benzene rings is 1. The summed E-state index contributed by atoms with van der Waals surface area (Å²) in [5, 5.41) is 1.08. The van der Waals surface area contributed by atoms with Crippen LogP contribution in [0.1, 0.15) is 44.2 Å². The number of aryl methyl sites for hydroxylation is 1. The Morgan fingerprint density at radius 3 is 2.77 bits per heavy atom. The number of para-hydroxylation sites is 2. The van der Waals surface area contributed by atoms with Crippen molar-refractivity contribution >= 4 is 28.7 Å². The highest BCUT2D eigenvalue weighted by Crippen LogP contribution is 2.38. The molecule has 0 radical (unpaired) electrons. The van der Waals surface area contributed by atoms with Gasteiger partial charge in [-0.15, -0.1) is 0 Å². The maximum absolute atomic E-state index is 6.16. The summed E-state index contributed by atoms with van der Waals surface area (Å²) in [7, 11) is 0. The molecular weight excluding hydrogens is 394 g/mol. The minimum absolute atomic E-state index is 0.408. The molecule has 5 rings (SSSR count). The molecular formula is C22H27N7S. The molecule has 0 spiro atoms. The quantitative estimate of drug-likeness (QED) is 0.365. The second-order valence-corrected chi connectivity index (χ2v) is 8.92. The van der Waals surface area contributed by atoms with Crippen molar-refractivity contribution in [2.75, 3.05) is 11.5 Å². The number of nitrogens with zero attached hydrogens (tertiary/aromatic N) is 6. The van der Waals surface area contributed by atoms with Crippen LogP contribution in [0.25, 0.3) is 11.0 Å². The SMILES string of the molecule is Nc1nc2ccccc2n1CCSc1nccn1C1CCCCCC1n1ccnc1. The average molecular weight is 422 g/mol. The van der Waals surface area contributed by atoms with E-state index in [1.165, 1.54) is 32.1 Å². The highest BCUT2D eigenvalue weighted by Gasteiger charge is 2.27. The molecule has 8 heteroatoms. The van der Waals surface area contributed by atoms with Gasteiger partial charge in [0.05, 0.1) is 29.4 Å². The Kier molecular flexibility index (Phi) is 5.48. The van der Waals surface area contributed by atoms with Crippen molar-refractivity contribution in [1.29, 1.82) is 0 Å². The van der Waals surface area contributed by atoms with Gasteiger partial charge < -0.3 is 19.4 Å². The summed E-state index contributed by atoms with van der Waals surface area (Å²) in [5.41, 5.74) is 8.20. The number of nitrogens with two attached hydrogens (primary N) is 1. The zero-order chi connectivity index (χ0) is 20.3. The van der Waals surface area contributed by atoms with Gasteiger partial charge >= 0.3 is 0 Å². The van der Waals surface area contributed by atoms with Gasteiger partial charge in [-0.05, 0) is 25.0 Å². The molecule has 3 heterocycles. The van der Waals surface area contributed by atoms with Crippen molar-refractivity contribution in [3.05, 3.63) is 55.4 Å². The Hall–Kier alpha value is -2.74. The molecule has 2 unspecified atom stereocenters. The molecule has 2 atom stereocenters. The van der Waals surface area contributed by atoms with E-state index >= 15 is 0 Å². The maximum Gasteiger partial charge on any atom is 0.201 e. The number of aromatic nitrogens is 6. The lowest BCUT2D eigenvalue weighted by Crippen LogP contribution is -2.21. The fourth-order valence-corrected chi connectivity index (χ4v) is 5.56. The number of hydrogen-bond donors (Lipinski definition) is 1. The van der Waals surface area contributed by atoms with E-state index in [0.29, 0.717) is 18.0 Å². The predicted molar refractivity (Wildman–Crippen MR) is 120 cm³/mol. The summed E-state index contributed by atoms with van der Waals surface area (Å²) in [4.78, 5) is 13.4. The summed E-state index contributed by atoms with van der Waals surface area (Å²) in [6, 6.07) is 8.94. The third-order valence-corrected chi connectivity index (χ3v) is 7.03. The van der Waals surface area contributed by atoms with Crippen molar-refractivity contribution < 1.29 is 0 Å². The maximum atomic E-state index is 6.16. The Bertz CT molecular complexity index is 1100. The van der Waals surface area contributed by atoms with Crippen LogP contribution >= 0.6 is 11.8 Å². The monoisotopic (exact) mass is 421 g/mol. The van der Waals surface area contributed by atoms with Crippen LogP contribution < -0.4 is 5.73 Å². The van der Waals surface area contributed by atoms with Gasteiger partial charge in [-0.3, -0.25) is 0 Å². The smallest absolute Gasteiger partial charge is 0.201 e. The Morgan fingerprint density at radius 1 is 1.03 bits per heavy atom. The van der Waals surface area contributed by atoms with Gasteiger partial charge in [-0.25, -0.2) is 15.0 Å². The second-order valence-electron chi connectivity index (χ2n) is 7.86. The van der Waals surface area contributed by atoms with Crippen LogP contribution in [0.3, 0.4) is 0 Å². The lowest BCUT2D eigenvalue weighted by atomic mass is 10.0. The van der Waals surface area contributed by atoms with E-state index in [1.54, 1.807) is 11.8 Å². The minimum Gasteiger partial charge on any atom is -0.369 e. The van der Waals surface area contributed by atoms with Crippen LogP contribution in [0.15, 0.2) is 60.5 Å². The summed E-state index contributed by atoms with van der Waals surface area (Å²) < 4.78 is 6.76. The van der Waals surface area contributed by atoms with Crippen molar-refractivity contribution in [2.45, 2.75) is 55.9 Å². The average Bonchev–Trinajstić information content (AvgIpc) is 3.47. The molecule has 1 aliphatic carbocycles. The van der Waals surface area contributed by atoms with Gasteiger partial charge in [0, 0.05) is 37.1 Å². The number of thioether (sulfide) groups is 1. The van der Waals surface area contributed by atoms with E-state index < -0.39 is 0 Å². The predicted octanol–water partition coefficient (Wildman–Crippen LogP) is 4.55. The van der Waals surface area contributed by atoms with E-state index in [-0.39, 0.29) is 0 Å². The lowest BCUT2D eigenvalue weighted by molar-refractivity contribution is 0.293. The molecule has 1 aromatic carbocycles. The fourth-order valence-electron chi connectivity index (χ4n) is 4.63. The number of hydrogen-bond acceptors (Lipinski definition) is 5. The van der Waals surface area contributed by atoms with Gasteiger partial charge in [-0.2, -0.15) is 0 Å². The molecule has 0 saturated heterocycles. The first kappa shape index (κ1) is 19.2. The molecule has 0 amide bonds. The lowest BCUT2D eigenvalue weighted by Gasteiger charge is -2.28. The molecule has 0 aliphatic heterocycles. The topological polar surface area (TPSA) is 79.5 Å². The molecule has 156 valence electrons. The molecule has 7 nitrogen and oxygen atoms in total. The van der Waals surface area contributed by atoms with Crippen molar-refractivity contribution in [3.63, 3.8) is 0 Å². The molecule has 1 saturated carbocycles. The number of nitrogen functional groups attached to an aromatic ring is 1. The highest BCUT2D eigenvalue weighted by molar-refractivity contribution is 7.99. The first-order valence-corrected chi connectivity index (χ1v) is 11.6. The standard InChI is InChI=1S/C22H27N7S/c23-21-26-17-6-4-5-7-18(17)28(21)14-15-30-22-25-11-13-29(22)20-9-3-1-2-8-19(20)27-12-10-24-16-27/h4-7,10-13,16,19-20H,1-3,8-9,14-15H2,(H2,23,26). The third-order valence-electron chi connectivity index (χ3n) is 6.07. The van der Waals surface area contributed by atoms with Crippen LogP contribution in [0, 0.1) is 0 Å². The van der Waals surface area contributed by atoms with Crippen LogP contribution in [-0.4, -0.2) is 34.4 Å². The van der Waals surface area contributed by atoms with Crippen molar-refractivity contribution in [1.82, 2.24) is 28.7 Å². The summed E-state index contributed by atoms with van der Waals surface area (Å²) in [6.07, 6.45) is 16.2. The summed E-state index contributed by atoms with van der Waals surface area (Å²) in [5.74, 6) is 1.47. The minimum atomic E-state index is 0.408. The first-order valence-electron chi connectivity index (χ1n) is 10.6.